The Balaban J connectivity index is 2.67. The van der Waals surface area contributed by atoms with Crippen molar-refractivity contribution in [3.05, 3.63) is 35.0 Å². The van der Waals surface area contributed by atoms with Gasteiger partial charge < -0.3 is 4.74 Å². The van der Waals surface area contributed by atoms with Crippen molar-refractivity contribution in [1.29, 1.82) is 0 Å². The van der Waals surface area contributed by atoms with E-state index < -0.39 is 24.1 Å². The third-order valence-electron chi connectivity index (χ3n) is 3.67. The zero-order chi connectivity index (χ0) is 19.0. The molecule has 0 unspecified atom stereocenters. The normalized spacial score (nSPS) is 12.3. The number of amides is 1. The molecule has 0 spiro atoms. The quantitative estimate of drug-likeness (QED) is 0.503. The first kappa shape index (κ1) is 19.0. The van der Waals surface area contributed by atoms with Gasteiger partial charge in [0, 0.05) is 5.39 Å². The summed E-state index contributed by atoms with van der Waals surface area (Å²) in [5.74, 6) is 4.73. The van der Waals surface area contributed by atoms with Crippen molar-refractivity contribution in [2.75, 3.05) is 6.61 Å². The smallest absolute Gasteiger partial charge is 0.422 e. The first-order valence-electron chi connectivity index (χ1n) is 7.59. The van der Waals surface area contributed by atoms with Crippen molar-refractivity contribution in [3.63, 3.8) is 0 Å². The van der Waals surface area contributed by atoms with Crippen molar-refractivity contribution in [2.24, 2.45) is 5.84 Å². The number of carbonyl (C=O) groups is 1. The first-order valence-corrected chi connectivity index (χ1v) is 7.59. The zero-order valence-electron chi connectivity index (χ0n) is 14.4. The second-order valence-corrected chi connectivity index (χ2v) is 6.82. The van der Waals surface area contributed by atoms with Crippen LogP contribution >= 0.6 is 0 Å². The van der Waals surface area contributed by atoms with Gasteiger partial charge in [-0.25, -0.2) is 10.8 Å². The highest BCUT2D eigenvalue weighted by Crippen LogP contribution is 2.35. The highest BCUT2D eigenvalue weighted by Gasteiger charge is 2.29. The number of nitrogen functional groups attached to an aromatic ring is 1. The molecule has 136 valence electrons. The van der Waals surface area contributed by atoms with Crippen LogP contribution in [0.15, 0.2) is 18.2 Å². The maximum Gasteiger partial charge on any atom is 0.422 e. The second-order valence-electron chi connectivity index (χ2n) is 6.82. The van der Waals surface area contributed by atoms with Gasteiger partial charge in [-0.1, -0.05) is 20.8 Å². The van der Waals surface area contributed by atoms with Crippen molar-refractivity contribution >= 4 is 16.8 Å². The van der Waals surface area contributed by atoms with Gasteiger partial charge in [0.25, 0.3) is 5.91 Å². The maximum atomic E-state index is 12.5. The number of pyridine rings is 1. The van der Waals surface area contributed by atoms with E-state index in [1.165, 1.54) is 18.2 Å². The van der Waals surface area contributed by atoms with Crippen LogP contribution in [-0.2, 0) is 5.41 Å². The van der Waals surface area contributed by atoms with E-state index in [1.807, 2.05) is 26.2 Å². The van der Waals surface area contributed by atoms with Gasteiger partial charge in [-0.05, 0) is 41.7 Å². The third-order valence-corrected chi connectivity index (χ3v) is 3.67. The molecule has 1 aromatic carbocycles. The number of rotatable bonds is 3. The van der Waals surface area contributed by atoms with Crippen LogP contribution in [0.4, 0.5) is 13.2 Å². The van der Waals surface area contributed by atoms with Crippen LogP contribution in [0.3, 0.4) is 0 Å². The summed E-state index contributed by atoms with van der Waals surface area (Å²) in [7, 11) is 0. The zero-order valence-corrected chi connectivity index (χ0v) is 14.4. The topological polar surface area (TPSA) is 77.2 Å². The molecule has 0 aliphatic carbocycles. The molecule has 5 nitrogen and oxygen atoms in total. The van der Waals surface area contributed by atoms with Crippen LogP contribution in [0, 0.1) is 6.92 Å². The molecule has 0 fully saturated rings. The SMILES string of the molecule is Cc1cc(C(=O)NN)nc2c(C(C)(C)C)cc(OCC(F)(F)F)cc12. The van der Waals surface area contributed by atoms with Crippen molar-refractivity contribution < 1.29 is 22.7 Å². The number of hydrogen-bond acceptors (Lipinski definition) is 4. The standard InChI is InChI=1S/C17H20F3N3O2/c1-9-5-13(15(24)23-21)22-14-11(9)6-10(25-8-17(18,19)20)7-12(14)16(2,3)4/h5-7H,8,21H2,1-4H3,(H,23,24). The van der Waals surface area contributed by atoms with Gasteiger partial charge in [-0.3, -0.25) is 10.2 Å². The number of aryl methyl sites for hydroxylation is 1. The molecule has 0 radical (unpaired) electrons. The third kappa shape index (κ3) is 4.39. The molecule has 0 aliphatic heterocycles. The van der Waals surface area contributed by atoms with E-state index in [-0.39, 0.29) is 11.4 Å². The average molecular weight is 355 g/mol. The van der Waals surface area contributed by atoms with Crippen LogP contribution in [0.5, 0.6) is 5.75 Å². The van der Waals surface area contributed by atoms with Gasteiger partial charge in [0.2, 0.25) is 0 Å². The molecule has 0 aliphatic rings. The van der Waals surface area contributed by atoms with Crippen LogP contribution in [-0.4, -0.2) is 23.7 Å². The van der Waals surface area contributed by atoms with Gasteiger partial charge >= 0.3 is 6.18 Å². The fourth-order valence-electron chi connectivity index (χ4n) is 2.48. The lowest BCUT2D eigenvalue weighted by molar-refractivity contribution is -0.153. The van der Waals surface area contributed by atoms with Gasteiger partial charge in [-0.15, -0.1) is 0 Å². The minimum absolute atomic E-state index is 0.107. The molecule has 2 rings (SSSR count). The average Bonchev–Trinajstić information content (AvgIpc) is 2.50. The lowest BCUT2D eigenvalue weighted by Gasteiger charge is -2.23. The molecule has 1 amide bonds. The molecular weight excluding hydrogens is 335 g/mol. The molecule has 25 heavy (non-hydrogen) atoms. The summed E-state index contributed by atoms with van der Waals surface area (Å²) in [4.78, 5) is 16.2. The number of hydrogen-bond donors (Lipinski definition) is 2. The Bertz CT molecular complexity index is 811. The number of hydrazine groups is 1. The van der Waals surface area contributed by atoms with E-state index in [4.69, 9.17) is 10.6 Å². The van der Waals surface area contributed by atoms with E-state index in [0.717, 1.165) is 0 Å². The molecule has 0 saturated heterocycles. The summed E-state index contributed by atoms with van der Waals surface area (Å²) in [5, 5.41) is 0.623. The molecule has 0 atom stereocenters. The number of halogens is 3. The number of fused-ring (bicyclic) bond motifs is 1. The number of nitrogens with one attached hydrogen (secondary N) is 1. The Morgan fingerprint density at radius 2 is 1.88 bits per heavy atom. The van der Waals surface area contributed by atoms with Gasteiger partial charge in [-0.2, -0.15) is 13.2 Å². The fourth-order valence-corrected chi connectivity index (χ4v) is 2.48. The van der Waals surface area contributed by atoms with Crippen LogP contribution in [0.25, 0.3) is 10.9 Å². The van der Waals surface area contributed by atoms with E-state index in [2.05, 4.69) is 4.98 Å². The molecule has 1 heterocycles. The number of nitrogens with zero attached hydrogens (tertiary/aromatic N) is 1. The van der Waals surface area contributed by atoms with Gasteiger partial charge in [0.05, 0.1) is 5.52 Å². The van der Waals surface area contributed by atoms with E-state index in [0.29, 0.717) is 22.0 Å². The number of ether oxygens (including phenoxy) is 1. The summed E-state index contributed by atoms with van der Waals surface area (Å²) in [6.07, 6.45) is -4.42. The van der Waals surface area contributed by atoms with Gasteiger partial charge in [0.15, 0.2) is 6.61 Å². The summed E-state index contributed by atoms with van der Waals surface area (Å²) in [6, 6.07) is 4.57. The second kappa shape index (κ2) is 6.51. The number of benzene rings is 1. The summed E-state index contributed by atoms with van der Waals surface area (Å²) >= 11 is 0. The molecule has 8 heteroatoms. The highest BCUT2D eigenvalue weighted by molar-refractivity contribution is 5.96. The molecule has 0 saturated carbocycles. The fraction of sp³-hybridized carbons (Fsp3) is 0.412. The van der Waals surface area contributed by atoms with Crippen LogP contribution in [0.2, 0.25) is 0 Å². The Morgan fingerprint density at radius 3 is 2.40 bits per heavy atom. The Labute approximate surface area is 143 Å². The van der Waals surface area contributed by atoms with E-state index in [9.17, 15) is 18.0 Å². The minimum Gasteiger partial charge on any atom is -0.484 e. The molecule has 0 bridgehead atoms. The van der Waals surface area contributed by atoms with E-state index in [1.54, 1.807) is 6.92 Å². The van der Waals surface area contributed by atoms with Crippen molar-refractivity contribution in [3.8, 4) is 5.75 Å². The molecule has 3 N–H and O–H groups in total. The molecule has 2 aromatic rings. The first-order chi connectivity index (χ1) is 11.4. The number of carbonyl (C=O) groups excluding carboxylic acids is 1. The number of alkyl halides is 3. The lowest BCUT2D eigenvalue weighted by atomic mass is 9.84. The predicted molar refractivity (Wildman–Crippen MR) is 88.4 cm³/mol. The number of nitrogens with two attached hydrogens (primary N) is 1. The minimum atomic E-state index is -4.42. The lowest BCUT2D eigenvalue weighted by Crippen LogP contribution is -2.31. The molecule has 1 aromatic heterocycles. The van der Waals surface area contributed by atoms with Crippen molar-refractivity contribution in [1.82, 2.24) is 10.4 Å². The summed E-state index contributed by atoms with van der Waals surface area (Å²) in [6.45, 7) is 6.09. The molecular formula is C17H20F3N3O2. The Morgan fingerprint density at radius 1 is 1.24 bits per heavy atom. The van der Waals surface area contributed by atoms with Gasteiger partial charge in [0.1, 0.15) is 11.4 Å². The highest BCUT2D eigenvalue weighted by atomic mass is 19.4. The van der Waals surface area contributed by atoms with Crippen LogP contribution < -0.4 is 16.0 Å². The number of aromatic nitrogens is 1. The van der Waals surface area contributed by atoms with E-state index >= 15 is 0 Å². The largest absolute Gasteiger partial charge is 0.484 e. The summed E-state index contributed by atoms with van der Waals surface area (Å²) < 4.78 is 42.3. The van der Waals surface area contributed by atoms with Crippen molar-refractivity contribution in [2.45, 2.75) is 39.3 Å². The Kier molecular flexibility index (Phi) is 4.94. The Hall–Kier alpha value is -2.35. The maximum absolute atomic E-state index is 12.5. The monoisotopic (exact) mass is 355 g/mol. The predicted octanol–water partition coefficient (Wildman–Crippen LogP) is 3.39. The summed E-state index contributed by atoms with van der Waals surface area (Å²) in [5.41, 5.74) is 3.64. The van der Waals surface area contributed by atoms with Crippen LogP contribution in [0.1, 0.15) is 42.4 Å².